The molecule has 1 aliphatic heterocycles. The molecule has 5 heteroatoms. The first-order chi connectivity index (χ1) is 13.0. The molecule has 1 fully saturated rings. The van der Waals surface area contributed by atoms with Crippen LogP contribution in [0, 0.1) is 31.0 Å². The summed E-state index contributed by atoms with van der Waals surface area (Å²) in [6.07, 6.45) is 1.66. The molecule has 4 nitrogen and oxygen atoms in total. The number of nitrogens with zero attached hydrogens (tertiary/aromatic N) is 3. The molecule has 0 aliphatic carbocycles. The minimum absolute atomic E-state index is 0.128. The van der Waals surface area contributed by atoms with Gasteiger partial charge < -0.3 is 9.80 Å². The Bertz CT molecular complexity index is 921. The van der Waals surface area contributed by atoms with Crippen molar-refractivity contribution < 1.29 is 9.18 Å². The summed E-state index contributed by atoms with van der Waals surface area (Å²) >= 11 is 0. The van der Waals surface area contributed by atoms with Crippen molar-refractivity contribution in [2.75, 3.05) is 31.1 Å². The van der Waals surface area contributed by atoms with Crippen LogP contribution >= 0.6 is 0 Å². The molecule has 1 saturated heterocycles. The summed E-state index contributed by atoms with van der Waals surface area (Å²) in [7, 11) is 0. The lowest BCUT2D eigenvalue weighted by Crippen LogP contribution is -2.49. The highest BCUT2D eigenvalue weighted by Crippen LogP contribution is 2.21. The lowest BCUT2D eigenvalue weighted by atomic mass is 10.0. The zero-order valence-electron chi connectivity index (χ0n) is 15.6. The number of piperazine rings is 1. The number of carbonyl (C=O) groups is 1. The number of halogens is 1. The summed E-state index contributed by atoms with van der Waals surface area (Å²) in [6, 6.07) is 14.6. The van der Waals surface area contributed by atoms with Crippen molar-refractivity contribution in [2.45, 2.75) is 13.8 Å². The quantitative estimate of drug-likeness (QED) is 0.617. The van der Waals surface area contributed by atoms with E-state index in [0.29, 0.717) is 31.9 Å². The van der Waals surface area contributed by atoms with E-state index in [1.54, 1.807) is 29.2 Å². The lowest BCUT2D eigenvalue weighted by Gasteiger charge is -2.36. The fraction of sp³-hybridized carbons (Fsp3) is 0.273. The van der Waals surface area contributed by atoms with E-state index in [1.807, 2.05) is 43.0 Å². The first-order valence-corrected chi connectivity index (χ1v) is 8.97. The van der Waals surface area contributed by atoms with Crippen molar-refractivity contribution >= 4 is 17.7 Å². The van der Waals surface area contributed by atoms with Gasteiger partial charge in [0.1, 0.15) is 17.5 Å². The average Bonchev–Trinajstić information content (AvgIpc) is 2.68. The van der Waals surface area contributed by atoms with Crippen LogP contribution in [0.3, 0.4) is 0 Å². The SMILES string of the molecule is Cc1ccc(C)c(/C=C(\C#N)C(=O)N2CCN(c3ccccc3F)CC2)c1. The van der Waals surface area contributed by atoms with Gasteiger partial charge in [0.05, 0.1) is 5.69 Å². The molecule has 2 aromatic rings. The van der Waals surface area contributed by atoms with E-state index in [4.69, 9.17) is 0 Å². The number of nitriles is 1. The zero-order chi connectivity index (χ0) is 19.4. The van der Waals surface area contributed by atoms with Gasteiger partial charge in [0, 0.05) is 26.2 Å². The van der Waals surface area contributed by atoms with Crippen LogP contribution in [0.15, 0.2) is 48.0 Å². The molecule has 1 aliphatic rings. The number of amides is 1. The normalized spacial score (nSPS) is 14.8. The molecule has 0 unspecified atom stereocenters. The van der Waals surface area contributed by atoms with Gasteiger partial charge in [-0.15, -0.1) is 0 Å². The molecule has 0 radical (unpaired) electrons. The fourth-order valence-corrected chi connectivity index (χ4v) is 3.24. The van der Waals surface area contributed by atoms with E-state index in [1.165, 1.54) is 6.07 Å². The predicted octanol–water partition coefficient (Wildman–Crippen LogP) is 3.70. The van der Waals surface area contributed by atoms with Crippen molar-refractivity contribution in [1.29, 1.82) is 5.26 Å². The molecule has 0 saturated carbocycles. The number of para-hydroxylation sites is 1. The third-order valence-corrected chi connectivity index (χ3v) is 4.85. The van der Waals surface area contributed by atoms with Crippen LogP contribution in [0.4, 0.5) is 10.1 Å². The number of anilines is 1. The maximum atomic E-state index is 14.0. The largest absolute Gasteiger partial charge is 0.366 e. The van der Waals surface area contributed by atoms with Gasteiger partial charge in [-0.05, 0) is 43.2 Å². The molecule has 0 bridgehead atoms. The highest BCUT2D eigenvalue weighted by atomic mass is 19.1. The van der Waals surface area contributed by atoms with Gasteiger partial charge in [-0.3, -0.25) is 4.79 Å². The van der Waals surface area contributed by atoms with Crippen LogP contribution in [0.5, 0.6) is 0 Å². The Labute approximate surface area is 159 Å². The minimum atomic E-state index is -0.272. The van der Waals surface area contributed by atoms with Crippen molar-refractivity contribution in [3.63, 3.8) is 0 Å². The fourth-order valence-electron chi connectivity index (χ4n) is 3.24. The van der Waals surface area contributed by atoms with Gasteiger partial charge in [-0.1, -0.05) is 35.9 Å². The van der Waals surface area contributed by atoms with E-state index in [2.05, 4.69) is 0 Å². The van der Waals surface area contributed by atoms with Crippen LogP contribution in [-0.2, 0) is 4.79 Å². The monoisotopic (exact) mass is 363 g/mol. The van der Waals surface area contributed by atoms with Crippen molar-refractivity contribution in [1.82, 2.24) is 4.90 Å². The van der Waals surface area contributed by atoms with Gasteiger partial charge in [0.15, 0.2) is 0 Å². The number of hydrogen-bond acceptors (Lipinski definition) is 3. The zero-order valence-corrected chi connectivity index (χ0v) is 15.6. The minimum Gasteiger partial charge on any atom is -0.366 e. The second kappa shape index (κ2) is 8.05. The van der Waals surface area contributed by atoms with Crippen LogP contribution in [0.1, 0.15) is 16.7 Å². The second-order valence-corrected chi connectivity index (χ2v) is 6.76. The number of carbonyl (C=O) groups excluding carboxylic acids is 1. The van der Waals surface area contributed by atoms with E-state index in [-0.39, 0.29) is 17.3 Å². The summed E-state index contributed by atoms with van der Waals surface area (Å²) in [4.78, 5) is 16.4. The summed E-state index contributed by atoms with van der Waals surface area (Å²) < 4.78 is 14.0. The van der Waals surface area contributed by atoms with Crippen molar-refractivity contribution in [2.24, 2.45) is 0 Å². The molecule has 0 aromatic heterocycles. The first-order valence-electron chi connectivity index (χ1n) is 8.97. The molecule has 3 rings (SSSR count). The van der Waals surface area contributed by atoms with Crippen LogP contribution < -0.4 is 4.90 Å². The van der Waals surface area contributed by atoms with Gasteiger partial charge in [-0.25, -0.2) is 4.39 Å². The first kappa shape index (κ1) is 18.7. The van der Waals surface area contributed by atoms with E-state index in [9.17, 15) is 14.4 Å². The smallest absolute Gasteiger partial charge is 0.264 e. The Morgan fingerprint density at radius 3 is 2.48 bits per heavy atom. The Balaban J connectivity index is 1.72. The van der Waals surface area contributed by atoms with Crippen molar-refractivity contribution in [3.8, 4) is 6.07 Å². The molecule has 2 aromatic carbocycles. The number of rotatable bonds is 3. The van der Waals surface area contributed by atoms with Crippen molar-refractivity contribution in [3.05, 3.63) is 70.5 Å². The maximum Gasteiger partial charge on any atom is 0.264 e. The number of hydrogen-bond donors (Lipinski definition) is 0. The Morgan fingerprint density at radius 1 is 1.11 bits per heavy atom. The predicted molar refractivity (Wildman–Crippen MR) is 105 cm³/mol. The van der Waals surface area contributed by atoms with E-state index in [0.717, 1.165) is 16.7 Å². The van der Waals surface area contributed by atoms with Gasteiger partial charge >= 0.3 is 0 Å². The summed E-state index contributed by atoms with van der Waals surface area (Å²) in [5.41, 5.74) is 3.66. The van der Waals surface area contributed by atoms with Gasteiger partial charge in [0.2, 0.25) is 0 Å². The molecule has 27 heavy (non-hydrogen) atoms. The number of aryl methyl sites for hydroxylation is 2. The Hall–Kier alpha value is -3.13. The second-order valence-electron chi connectivity index (χ2n) is 6.76. The molecule has 138 valence electrons. The van der Waals surface area contributed by atoms with Gasteiger partial charge in [0.25, 0.3) is 5.91 Å². The molecular formula is C22H22FN3O. The number of benzene rings is 2. The highest BCUT2D eigenvalue weighted by Gasteiger charge is 2.25. The van der Waals surface area contributed by atoms with Crippen LogP contribution in [-0.4, -0.2) is 37.0 Å². The average molecular weight is 363 g/mol. The molecule has 0 atom stereocenters. The third-order valence-electron chi connectivity index (χ3n) is 4.85. The van der Waals surface area contributed by atoms with Crippen LogP contribution in [0.2, 0.25) is 0 Å². The highest BCUT2D eigenvalue weighted by molar-refractivity contribution is 6.02. The summed E-state index contributed by atoms with van der Waals surface area (Å²) in [5.74, 6) is -0.531. The molecule has 0 spiro atoms. The lowest BCUT2D eigenvalue weighted by molar-refractivity contribution is -0.126. The standard InChI is InChI=1S/C22H22FN3O/c1-16-7-8-17(2)18(13-16)14-19(15-24)22(27)26-11-9-25(10-12-26)21-6-4-3-5-20(21)23/h3-8,13-14H,9-12H2,1-2H3/b19-14+. The van der Waals surface area contributed by atoms with Crippen LogP contribution in [0.25, 0.3) is 6.08 Å². The van der Waals surface area contributed by atoms with E-state index >= 15 is 0 Å². The topological polar surface area (TPSA) is 47.3 Å². The molecule has 1 amide bonds. The summed E-state index contributed by atoms with van der Waals surface area (Å²) in [6.45, 7) is 5.92. The molecule has 0 N–H and O–H groups in total. The third kappa shape index (κ3) is 4.17. The molecular weight excluding hydrogens is 341 g/mol. The maximum absolute atomic E-state index is 14.0. The molecule has 1 heterocycles. The van der Waals surface area contributed by atoms with E-state index < -0.39 is 0 Å². The Kier molecular flexibility index (Phi) is 5.56. The van der Waals surface area contributed by atoms with Gasteiger partial charge in [-0.2, -0.15) is 5.26 Å². The summed E-state index contributed by atoms with van der Waals surface area (Å²) in [5, 5.41) is 9.49. The Morgan fingerprint density at radius 2 is 1.81 bits per heavy atom.